The van der Waals surface area contributed by atoms with Crippen molar-refractivity contribution in [1.82, 2.24) is 0 Å². The first-order valence-electron chi connectivity index (χ1n) is 6.26. The fourth-order valence-corrected chi connectivity index (χ4v) is 2.43. The van der Waals surface area contributed by atoms with E-state index in [2.05, 4.69) is 6.07 Å². The molecule has 0 radical (unpaired) electrons. The Balaban J connectivity index is 2.05. The van der Waals surface area contributed by atoms with Crippen molar-refractivity contribution in [1.29, 1.82) is 0 Å². The highest BCUT2D eigenvalue weighted by molar-refractivity contribution is 5.40. The number of unbranched alkanes of at least 4 members (excludes halogenated alkanes) is 1. The fraction of sp³-hybridized carbons (Fsp3) is 0.571. The molecular formula is C14H21NO2. The van der Waals surface area contributed by atoms with Gasteiger partial charge in [-0.3, -0.25) is 0 Å². The van der Waals surface area contributed by atoms with Crippen molar-refractivity contribution in [3.63, 3.8) is 0 Å². The number of fused-ring (bicyclic) bond motifs is 1. The molecule has 1 atom stereocenters. The maximum atomic E-state index is 6.53. The molecule has 2 rings (SSSR count). The molecule has 0 fully saturated rings. The molecule has 0 aromatic heterocycles. The van der Waals surface area contributed by atoms with E-state index in [1.807, 2.05) is 18.2 Å². The Hall–Kier alpha value is -1.06. The van der Waals surface area contributed by atoms with Gasteiger partial charge < -0.3 is 15.2 Å². The number of rotatable bonds is 5. The molecule has 0 aliphatic carbocycles. The van der Waals surface area contributed by atoms with Gasteiger partial charge in [0.1, 0.15) is 5.75 Å². The Bertz CT molecular complexity index is 367. The Morgan fingerprint density at radius 1 is 1.35 bits per heavy atom. The minimum absolute atomic E-state index is 0.220. The van der Waals surface area contributed by atoms with Crippen LogP contribution in [0.15, 0.2) is 24.3 Å². The van der Waals surface area contributed by atoms with Crippen molar-refractivity contribution in [2.75, 3.05) is 20.3 Å². The van der Waals surface area contributed by atoms with E-state index in [0.29, 0.717) is 0 Å². The largest absolute Gasteiger partial charge is 0.493 e. The number of methoxy groups -OCH3 is 1. The molecule has 2 N–H and O–H groups in total. The van der Waals surface area contributed by atoms with E-state index in [-0.39, 0.29) is 5.54 Å². The van der Waals surface area contributed by atoms with Crippen LogP contribution in [-0.4, -0.2) is 20.3 Å². The molecule has 94 valence electrons. The molecule has 0 spiro atoms. The molecule has 17 heavy (non-hydrogen) atoms. The summed E-state index contributed by atoms with van der Waals surface area (Å²) in [4.78, 5) is 0. The van der Waals surface area contributed by atoms with Crippen LogP contribution in [0, 0.1) is 0 Å². The van der Waals surface area contributed by atoms with Crippen LogP contribution in [-0.2, 0) is 10.3 Å². The summed E-state index contributed by atoms with van der Waals surface area (Å²) in [5.74, 6) is 0.952. The topological polar surface area (TPSA) is 44.5 Å². The summed E-state index contributed by atoms with van der Waals surface area (Å²) in [6.07, 6.45) is 4.06. The van der Waals surface area contributed by atoms with Crippen molar-refractivity contribution in [3.05, 3.63) is 29.8 Å². The maximum absolute atomic E-state index is 6.53. The average Bonchev–Trinajstić information content (AvgIpc) is 2.36. The van der Waals surface area contributed by atoms with Gasteiger partial charge in [-0.1, -0.05) is 18.2 Å². The second-order valence-electron chi connectivity index (χ2n) is 4.70. The van der Waals surface area contributed by atoms with E-state index in [4.69, 9.17) is 15.2 Å². The summed E-state index contributed by atoms with van der Waals surface area (Å²) in [6, 6.07) is 8.12. The molecule has 1 aromatic carbocycles. The van der Waals surface area contributed by atoms with Crippen molar-refractivity contribution < 1.29 is 9.47 Å². The van der Waals surface area contributed by atoms with E-state index >= 15 is 0 Å². The van der Waals surface area contributed by atoms with Gasteiger partial charge in [-0.25, -0.2) is 0 Å². The third-order valence-electron chi connectivity index (χ3n) is 3.45. The first-order valence-corrected chi connectivity index (χ1v) is 6.26. The lowest BCUT2D eigenvalue weighted by atomic mass is 9.81. The molecule has 1 heterocycles. The highest BCUT2D eigenvalue weighted by Crippen LogP contribution is 2.38. The summed E-state index contributed by atoms with van der Waals surface area (Å²) in [5, 5.41) is 0. The molecule has 1 aromatic rings. The zero-order chi connectivity index (χ0) is 12.1. The van der Waals surface area contributed by atoms with Gasteiger partial charge in [-0.05, 0) is 25.3 Å². The highest BCUT2D eigenvalue weighted by atomic mass is 16.5. The van der Waals surface area contributed by atoms with Gasteiger partial charge in [0.2, 0.25) is 0 Å². The molecule has 1 aliphatic rings. The molecule has 3 heteroatoms. The van der Waals surface area contributed by atoms with Crippen molar-refractivity contribution in [2.45, 2.75) is 31.2 Å². The third kappa shape index (κ3) is 2.79. The van der Waals surface area contributed by atoms with E-state index in [1.54, 1.807) is 7.11 Å². The molecule has 0 amide bonds. The molecular weight excluding hydrogens is 214 g/mol. The number of ether oxygens (including phenoxy) is 2. The molecule has 3 nitrogen and oxygen atoms in total. The summed E-state index contributed by atoms with van der Waals surface area (Å²) >= 11 is 0. The fourth-order valence-electron chi connectivity index (χ4n) is 2.43. The second-order valence-corrected chi connectivity index (χ2v) is 4.70. The summed E-state index contributed by atoms with van der Waals surface area (Å²) in [5.41, 5.74) is 7.47. The van der Waals surface area contributed by atoms with E-state index in [0.717, 1.165) is 50.2 Å². The molecule has 0 bridgehead atoms. The second kappa shape index (κ2) is 5.52. The lowest BCUT2D eigenvalue weighted by Crippen LogP contribution is -2.41. The van der Waals surface area contributed by atoms with E-state index in [1.165, 1.54) is 0 Å². The summed E-state index contributed by atoms with van der Waals surface area (Å²) in [6.45, 7) is 1.53. The standard InChI is InChI=1S/C14H21NO2/c1-16-10-5-4-8-14(15)9-11-17-13-7-3-2-6-12(13)14/h2-3,6-7H,4-5,8-11,15H2,1H3. The monoisotopic (exact) mass is 235 g/mol. The highest BCUT2D eigenvalue weighted by Gasteiger charge is 2.32. The summed E-state index contributed by atoms with van der Waals surface area (Å²) < 4.78 is 10.7. The molecule has 0 saturated heterocycles. The molecule has 0 saturated carbocycles. The Morgan fingerprint density at radius 3 is 3.00 bits per heavy atom. The SMILES string of the molecule is COCCCCC1(N)CCOc2ccccc21. The molecule has 1 aliphatic heterocycles. The molecule has 1 unspecified atom stereocenters. The van der Waals surface area contributed by atoms with Gasteiger partial charge in [0, 0.05) is 31.2 Å². The van der Waals surface area contributed by atoms with Gasteiger partial charge in [0.25, 0.3) is 0 Å². The van der Waals surface area contributed by atoms with Crippen LogP contribution in [0.4, 0.5) is 0 Å². The van der Waals surface area contributed by atoms with Gasteiger partial charge in [-0.15, -0.1) is 0 Å². The number of hydrogen-bond acceptors (Lipinski definition) is 3. The normalized spacial score (nSPS) is 22.9. The predicted molar refractivity (Wildman–Crippen MR) is 68.1 cm³/mol. The first kappa shape index (κ1) is 12.4. The minimum atomic E-state index is -0.220. The van der Waals surface area contributed by atoms with Crippen molar-refractivity contribution in [3.8, 4) is 5.75 Å². The number of nitrogens with two attached hydrogens (primary N) is 1. The van der Waals surface area contributed by atoms with E-state index < -0.39 is 0 Å². The smallest absolute Gasteiger partial charge is 0.124 e. The number of hydrogen-bond donors (Lipinski definition) is 1. The van der Waals surface area contributed by atoms with Crippen LogP contribution in [0.1, 0.15) is 31.2 Å². The maximum Gasteiger partial charge on any atom is 0.124 e. The minimum Gasteiger partial charge on any atom is -0.493 e. The lowest BCUT2D eigenvalue weighted by molar-refractivity contribution is 0.177. The van der Waals surface area contributed by atoms with Crippen LogP contribution >= 0.6 is 0 Å². The predicted octanol–water partition coefficient (Wildman–Crippen LogP) is 2.44. The van der Waals surface area contributed by atoms with Crippen LogP contribution < -0.4 is 10.5 Å². The van der Waals surface area contributed by atoms with Crippen LogP contribution in [0.5, 0.6) is 5.75 Å². The number of para-hydroxylation sites is 1. The van der Waals surface area contributed by atoms with Crippen LogP contribution in [0.2, 0.25) is 0 Å². The first-order chi connectivity index (χ1) is 8.26. The van der Waals surface area contributed by atoms with Gasteiger partial charge in [0.05, 0.1) is 6.61 Å². The van der Waals surface area contributed by atoms with Gasteiger partial charge in [0.15, 0.2) is 0 Å². The lowest BCUT2D eigenvalue weighted by Gasteiger charge is -2.35. The third-order valence-corrected chi connectivity index (χ3v) is 3.45. The van der Waals surface area contributed by atoms with Crippen LogP contribution in [0.3, 0.4) is 0 Å². The van der Waals surface area contributed by atoms with Crippen molar-refractivity contribution in [2.24, 2.45) is 5.73 Å². The van der Waals surface area contributed by atoms with Gasteiger partial charge in [-0.2, -0.15) is 0 Å². The Kier molecular flexibility index (Phi) is 4.02. The quantitative estimate of drug-likeness (QED) is 0.797. The Labute approximate surface area is 103 Å². The number of benzene rings is 1. The van der Waals surface area contributed by atoms with Crippen molar-refractivity contribution >= 4 is 0 Å². The van der Waals surface area contributed by atoms with Crippen LogP contribution in [0.25, 0.3) is 0 Å². The van der Waals surface area contributed by atoms with E-state index in [9.17, 15) is 0 Å². The average molecular weight is 235 g/mol. The zero-order valence-electron chi connectivity index (χ0n) is 10.4. The zero-order valence-corrected chi connectivity index (χ0v) is 10.4. The van der Waals surface area contributed by atoms with Gasteiger partial charge >= 0.3 is 0 Å². The Morgan fingerprint density at radius 2 is 2.18 bits per heavy atom. The summed E-state index contributed by atoms with van der Waals surface area (Å²) in [7, 11) is 1.74.